The van der Waals surface area contributed by atoms with Gasteiger partial charge in [-0.3, -0.25) is 0 Å². The van der Waals surface area contributed by atoms with Crippen LogP contribution < -0.4 is 10.6 Å². The van der Waals surface area contributed by atoms with Gasteiger partial charge in [0.15, 0.2) is 0 Å². The molecule has 0 bridgehead atoms. The van der Waals surface area contributed by atoms with Crippen LogP contribution in [0, 0.1) is 6.92 Å². The van der Waals surface area contributed by atoms with Crippen molar-refractivity contribution in [2.24, 2.45) is 0 Å². The summed E-state index contributed by atoms with van der Waals surface area (Å²) in [6, 6.07) is 17.4. The fourth-order valence-electron chi connectivity index (χ4n) is 1.66. The molecule has 0 saturated heterocycles. The molecule has 4 N–H and O–H groups in total. The molecular weight excluding hydrogens is 390 g/mol. The Hall–Kier alpha value is -3.35. The first-order chi connectivity index (χ1) is 14.8. The SMILES string of the molecule is CC.CCC.CCN(C)c1nc(C)nc(N)n1.Oc1ccccc1.Oc1ccccc1. The summed E-state index contributed by atoms with van der Waals surface area (Å²) in [4.78, 5) is 13.9. The third-order valence-corrected chi connectivity index (χ3v) is 3.08. The Balaban J connectivity index is 0. The lowest BCUT2D eigenvalue weighted by Gasteiger charge is -2.13. The first-order valence-corrected chi connectivity index (χ1v) is 10.5. The van der Waals surface area contributed by atoms with Crippen LogP contribution in [0.25, 0.3) is 0 Å². The van der Waals surface area contributed by atoms with E-state index in [1.807, 2.05) is 44.9 Å². The monoisotopic (exact) mass is 429 g/mol. The first kappa shape index (κ1) is 29.8. The molecule has 0 unspecified atom stereocenters. The van der Waals surface area contributed by atoms with Crippen LogP contribution in [0.3, 0.4) is 0 Å². The largest absolute Gasteiger partial charge is 0.508 e. The number of aromatic hydroxyl groups is 2. The van der Waals surface area contributed by atoms with Gasteiger partial charge in [-0.2, -0.15) is 15.0 Å². The number of benzene rings is 2. The molecule has 0 spiro atoms. The molecule has 1 aromatic heterocycles. The minimum absolute atomic E-state index is 0.276. The lowest BCUT2D eigenvalue weighted by Crippen LogP contribution is -2.20. The summed E-state index contributed by atoms with van der Waals surface area (Å²) in [7, 11) is 1.91. The van der Waals surface area contributed by atoms with Crippen molar-refractivity contribution < 1.29 is 10.2 Å². The molecule has 0 amide bonds. The minimum Gasteiger partial charge on any atom is -0.508 e. The zero-order chi connectivity index (χ0) is 24.1. The van der Waals surface area contributed by atoms with Gasteiger partial charge >= 0.3 is 0 Å². The Morgan fingerprint density at radius 3 is 1.42 bits per heavy atom. The molecule has 7 heteroatoms. The molecule has 1 heterocycles. The van der Waals surface area contributed by atoms with Gasteiger partial charge in [-0.1, -0.05) is 70.5 Å². The molecule has 0 atom stereocenters. The van der Waals surface area contributed by atoms with Crippen LogP contribution in [-0.2, 0) is 0 Å². The number of para-hydroxylation sites is 2. The van der Waals surface area contributed by atoms with Crippen LogP contribution in [0.1, 0.15) is 46.9 Å². The Kier molecular flexibility index (Phi) is 19.2. The Morgan fingerprint density at radius 2 is 1.16 bits per heavy atom. The van der Waals surface area contributed by atoms with Gasteiger partial charge < -0.3 is 20.8 Å². The molecule has 172 valence electrons. The number of nitrogen functional groups attached to an aromatic ring is 1. The summed E-state index contributed by atoms with van der Waals surface area (Å²) in [5.41, 5.74) is 5.46. The fourth-order valence-corrected chi connectivity index (χ4v) is 1.66. The maximum absolute atomic E-state index is 8.63. The number of nitrogens with two attached hydrogens (primary N) is 1. The highest BCUT2D eigenvalue weighted by molar-refractivity contribution is 5.33. The number of phenols is 2. The molecule has 0 radical (unpaired) electrons. The van der Waals surface area contributed by atoms with Crippen LogP contribution in [0.4, 0.5) is 11.9 Å². The van der Waals surface area contributed by atoms with Crippen LogP contribution in [0.15, 0.2) is 60.7 Å². The van der Waals surface area contributed by atoms with Crippen molar-refractivity contribution in [1.82, 2.24) is 15.0 Å². The molecule has 0 aliphatic carbocycles. The first-order valence-electron chi connectivity index (χ1n) is 10.5. The van der Waals surface area contributed by atoms with Crippen LogP contribution in [0.2, 0.25) is 0 Å². The lowest BCUT2D eigenvalue weighted by molar-refractivity contribution is 0.475. The van der Waals surface area contributed by atoms with E-state index in [1.165, 1.54) is 6.42 Å². The normalized spacial score (nSPS) is 8.48. The number of anilines is 2. The second-order valence-corrected chi connectivity index (χ2v) is 5.93. The average Bonchev–Trinajstić information content (AvgIpc) is 2.76. The van der Waals surface area contributed by atoms with Gasteiger partial charge in [-0.15, -0.1) is 0 Å². The number of aromatic nitrogens is 3. The number of hydrogen-bond donors (Lipinski definition) is 3. The zero-order valence-electron chi connectivity index (χ0n) is 19.9. The smallest absolute Gasteiger partial charge is 0.230 e. The van der Waals surface area contributed by atoms with Gasteiger partial charge in [0.2, 0.25) is 11.9 Å². The maximum Gasteiger partial charge on any atom is 0.230 e. The van der Waals surface area contributed by atoms with E-state index in [9.17, 15) is 0 Å². The Labute approximate surface area is 187 Å². The standard InChI is InChI=1S/C7H13N5.2C6H6O.C3H8.C2H6/c1-4-12(3)7-10-5(2)9-6(8)11-7;2*7-6-4-2-1-3-5-6;1-3-2;1-2/h4H2,1-3H3,(H2,8,9,10,11);2*1-5,7H;3H2,1-2H3;1-2H3. The number of nitrogens with zero attached hydrogens (tertiary/aromatic N) is 4. The van der Waals surface area contributed by atoms with Crippen molar-refractivity contribution in [3.8, 4) is 11.5 Å². The van der Waals surface area contributed by atoms with Gasteiger partial charge in [0.1, 0.15) is 17.3 Å². The van der Waals surface area contributed by atoms with Gasteiger partial charge in [-0.05, 0) is 38.1 Å². The summed E-state index contributed by atoms with van der Waals surface area (Å²) < 4.78 is 0. The minimum atomic E-state index is 0.276. The van der Waals surface area contributed by atoms with Crippen molar-refractivity contribution in [3.05, 3.63) is 66.5 Å². The number of hydrogen-bond acceptors (Lipinski definition) is 7. The predicted octanol–water partition coefficient (Wildman–Crippen LogP) is 5.45. The lowest BCUT2D eigenvalue weighted by atomic mass is 10.3. The molecule has 2 aromatic carbocycles. The van der Waals surface area contributed by atoms with Crippen molar-refractivity contribution in [1.29, 1.82) is 0 Å². The quantitative estimate of drug-likeness (QED) is 0.497. The predicted molar refractivity (Wildman–Crippen MR) is 131 cm³/mol. The average molecular weight is 430 g/mol. The molecule has 0 aliphatic rings. The van der Waals surface area contributed by atoms with Crippen LogP contribution in [-0.4, -0.2) is 38.8 Å². The maximum atomic E-state index is 8.63. The van der Waals surface area contributed by atoms with Gasteiger partial charge in [-0.25, -0.2) is 0 Å². The molecular formula is C24H39N5O2. The molecule has 0 saturated carbocycles. The van der Waals surface area contributed by atoms with E-state index < -0.39 is 0 Å². The summed E-state index contributed by atoms with van der Waals surface area (Å²) in [6.45, 7) is 12.9. The van der Waals surface area contributed by atoms with E-state index >= 15 is 0 Å². The summed E-state index contributed by atoms with van der Waals surface area (Å²) in [6.07, 6.45) is 1.25. The summed E-state index contributed by atoms with van der Waals surface area (Å²) >= 11 is 0. The second-order valence-electron chi connectivity index (χ2n) is 5.93. The van der Waals surface area contributed by atoms with Crippen LogP contribution in [0.5, 0.6) is 11.5 Å². The molecule has 31 heavy (non-hydrogen) atoms. The number of rotatable bonds is 2. The molecule has 0 aliphatic heterocycles. The van der Waals surface area contributed by atoms with Crippen molar-refractivity contribution in [2.75, 3.05) is 24.2 Å². The highest BCUT2D eigenvalue weighted by Gasteiger charge is 2.03. The van der Waals surface area contributed by atoms with Crippen molar-refractivity contribution in [3.63, 3.8) is 0 Å². The Morgan fingerprint density at radius 1 is 0.774 bits per heavy atom. The molecule has 3 rings (SSSR count). The van der Waals surface area contributed by atoms with E-state index in [4.69, 9.17) is 15.9 Å². The summed E-state index contributed by atoms with van der Waals surface area (Å²) in [5, 5.41) is 17.3. The second kappa shape index (κ2) is 19.9. The van der Waals surface area contributed by atoms with Gasteiger partial charge in [0, 0.05) is 13.6 Å². The third-order valence-electron chi connectivity index (χ3n) is 3.08. The van der Waals surface area contributed by atoms with Crippen molar-refractivity contribution in [2.45, 2.75) is 48.0 Å². The number of aryl methyl sites for hydroxylation is 1. The van der Waals surface area contributed by atoms with E-state index in [0.717, 1.165) is 6.54 Å². The topological polar surface area (TPSA) is 108 Å². The van der Waals surface area contributed by atoms with Gasteiger partial charge in [0.05, 0.1) is 0 Å². The van der Waals surface area contributed by atoms with Crippen LogP contribution >= 0.6 is 0 Å². The van der Waals surface area contributed by atoms with E-state index in [1.54, 1.807) is 55.5 Å². The highest BCUT2D eigenvalue weighted by Crippen LogP contribution is 2.05. The highest BCUT2D eigenvalue weighted by atomic mass is 16.3. The molecule has 7 nitrogen and oxygen atoms in total. The van der Waals surface area contributed by atoms with Gasteiger partial charge in [0.25, 0.3) is 0 Å². The van der Waals surface area contributed by atoms with E-state index in [0.29, 0.717) is 23.3 Å². The molecule has 0 fully saturated rings. The van der Waals surface area contributed by atoms with E-state index in [-0.39, 0.29) is 5.95 Å². The fraction of sp³-hybridized carbons (Fsp3) is 0.375. The Bertz CT molecular complexity index is 714. The van der Waals surface area contributed by atoms with E-state index in [2.05, 4.69) is 28.8 Å². The number of phenolic OH excluding ortho intramolecular Hbond substituents is 2. The molecule has 3 aromatic rings. The zero-order valence-corrected chi connectivity index (χ0v) is 19.9. The van der Waals surface area contributed by atoms with Crippen molar-refractivity contribution >= 4 is 11.9 Å². The summed E-state index contributed by atoms with van der Waals surface area (Å²) in [5.74, 6) is 2.20. The third kappa shape index (κ3) is 17.2.